The molecular formula is C15H21BrN2O. The third-order valence-corrected chi connectivity index (χ3v) is 4.22. The lowest BCUT2D eigenvalue weighted by Crippen LogP contribution is -2.49. The van der Waals surface area contributed by atoms with E-state index in [4.69, 9.17) is 0 Å². The summed E-state index contributed by atoms with van der Waals surface area (Å²) in [5.41, 5.74) is 1.88. The number of rotatable bonds is 3. The Hall–Kier alpha value is -0.870. The van der Waals surface area contributed by atoms with E-state index in [9.17, 15) is 4.79 Å². The molecule has 0 aromatic heterocycles. The molecule has 0 unspecified atom stereocenters. The number of hydrogen-bond donors (Lipinski definition) is 0. The van der Waals surface area contributed by atoms with Gasteiger partial charge in [0.25, 0.3) is 0 Å². The Balaban J connectivity index is 2.19. The predicted molar refractivity (Wildman–Crippen MR) is 83.1 cm³/mol. The lowest BCUT2D eigenvalue weighted by atomic mass is 10.1. The SMILES string of the molecule is CC(=O)c1ccc(Br)cc1N1CCN(C(C)C)CC1. The maximum Gasteiger partial charge on any atom is 0.161 e. The smallest absolute Gasteiger partial charge is 0.161 e. The minimum atomic E-state index is 0.133. The normalized spacial score (nSPS) is 17.0. The van der Waals surface area contributed by atoms with Crippen molar-refractivity contribution in [2.75, 3.05) is 31.1 Å². The topological polar surface area (TPSA) is 23.6 Å². The molecule has 0 aliphatic carbocycles. The van der Waals surface area contributed by atoms with Crippen LogP contribution in [0.25, 0.3) is 0 Å². The largest absolute Gasteiger partial charge is 0.368 e. The molecule has 0 bridgehead atoms. The van der Waals surface area contributed by atoms with Crippen molar-refractivity contribution < 1.29 is 4.79 Å². The molecule has 1 aliphatic heterocycles. The van der Waals surface area contributed by atoms with Crippen LogP contribution in [0, 0.1) is 0 Å². The molecule has 1 fully saturated rings. The number of ketones is 1. The van der Waals surface area contributed by atoms with Gasteiger partial charge < -0.3 is 4.90 Å². The summed E-state index contributed by atoms with van der Waals surface area (Å²) in [4.78, 5) is 16.5. The number of piperazine rings is 1. The van der Waals surface area contributed by atoms with Crippen molar-refractivity contribution in [1.29, 1.82) is 0 Å². The summed E-state index contributed by atoms with van der Waals surface area (Å²) in [6.07, 6.45) is 0. The van der Waals surface area contributed by atoms with Gasteiger partial charge in [-0.05, 0) is 39.0 Å². The Labute approximate surface area is 123 Å². The molecule has 1 aromatic rings. The van der Waals surface area contributed by atoms with E-state index in [2.05, 4.69) is 45.6 Å². The molecule has 1 aromatic carbocycles. The Morgan fingerprint density at radius 3 is 2.37 bits per heavy atom. The lowest BCUT2D eigenvalue weighted by molar-refractivity contribution is 0.101. The average Bonchev–Trinajstić information content (AvgIpc) is 2.38. The van der Waals surface area contributed by atoms with E-state index < -0.39 is 0 Å². The first kappa shape index (κ1) is 14.5. The van der Waals surface area contributed by atoms with Gasteiger partial charge in [-0.2, -0.15) is 0 Å². The van der Waals surface area contributed by atoms with Crippen molar-refractivity contribution in [2.45, 2.75) is 26.8 Å². The lowest BCUT2D eigenvalue weighted by Gasteiger charge is -2.38. The number of carbonyl (C=O) groups is 1. The first-order valence-electron chi connectivity index (χ1n) is 6.78. The molecule has 0 amide bonds. The van der Waals surface area contributed by atoms with Crippen molar-refractivity contribution in [3.8, 4) is 0 Å². The van der Waals surface area contributed by atoms with Crippen molar-refractivity contribution in [1.82, 2.24) is 4.90 Å². The molecule has 1 saturated heterocycles. The molecule has 19 heavy (non-hydrogen) atoms. The van der Waals surface area contributed by atoms with Gasteiger partial charge in [0.15, 0.2) is 5.78 Å². The summed E-state index contributed by atoms with van der Waals surface area (Å²) in [5, 5.41) is 0. The minimum absolute atomic E-state index is 0.133. The first-order chi connectivity index (χ1) is 8.99. The van der Waals surface area contributed by atoms with E-state index in [1.165, 1.54) is 0 Å². The Kier molecular flexibility index (Phi) is 4.63. The van der Waals surface area contributed by atoms with Crippen LogP contribution in [0.3, 0.4) is 0 Å². The molecule has 0 radical (unpaired) electrons. The Morgan fingerprint density at radius 1 is 1.21 bits per heavy atom. The maximum atomic E-state index is 11.7. The Morgan fingerprint density at radius 2 is 1.84 bits per heavy atom. The molecule has 2 rings (SSSR count). The van der Waals surface area contributed by atoms with Crippen LogP contribution in [0.15, 0.2) is 22.7 Å². The summed E-state index contributed by atoms with van der Waals surface area (Å²) in [6.45, 7) is 10.2. The van der Waals surface area contributed by atoms with Crippen LogP contribution in [0.5, 0.6) is 0 Å². The number of hydrogen-bond acceptors (Lipinski definition) is 3. The number of benzene rings is 1. The molecule has 0 spiro atoms. The van der Waals surface area contributed by atoms with Crippen molar-refractivity contribution in [2.24, 2.45) is 0 Å². The fourth-order valence-electron chi connectivity index (χ4n) is 2.54. The molecule has 4 heteroatoms. The zero-order chi connectivity index (χ0) is 14.0. The van der Waals surface area contributed by atoms with E-state index >= 15 is 0 Å². The van der Waals surface area contributed by atoms with Gasteiger partial charge in [-0.15, -0.1) is 0 Å². The third kappa shape index (κ3) is 3.37. The number of Topliss-reactive ketones (excluding diaryl/α,β-unsaturated/α-hetero) is 1. The van der Waals surface area contributed by atoms with Crippen LogP contribution < -0.4 is 4.90 Å². The molecule has 0 saturated carbocycles. The number of nitrogens with zero attached hydrogens (tertiary/aromatic N) is 2. The Bertz CT molecular complexity index is 465. The number of anilines is 1. The molecule has 104 valence electrons. The molecule has 0 atom stereocenters. The maximum absolute atomic E-state index is 11.7. The van der Waals surface area contributed by atoms with E-state index in [-0.39, 0.29) is 5.78 Å². The van der Waals surface area contributed by atoms with Crippen LogP contribution in [0.4, 0.5) is 5.69 Å². The quantitative estimate of drug-likeness (QED) is 0.798. The number of carbonyl (C=O) groups excluding carboxylic acids is 1. The highest BCUT2D eigenvalue weighted by molar-refractivity contribution is 9.10. The summed E-state index contributed by atoms with van der Waals surface area (Å²) in [5.74, 6) is 0.133. The zero-order valence-electron chi connectivity index (χ0n) is 11.8. The standard InChI is InChI=1S/C15H21BrN2O/c1-11(2)17-6-8-18(9-7-17)15-10-13(16)4-5-14(15)12(3)19/h4-5,10-11H,6-9H2,1-3H3. The van der Waals surface area contributed by atoms with Crippen LogP contribution >= 0.6 is 15.9 Å². The van der Waals surface area contributed by atoms with Gasteiger partial charge in [0.1, 0.15) is 0 Å². The first-order valence-corrected chi connectivity index (χ1v) is 7.58. The molecule has 1 aliphatic rings. The van der Waals surface area contributed by atoms with Gasteiger partial charge in [0, 0.05) is 47.9 Å². The third-order valence-electron chi connectivity index (χ3n) is 3.72. The predicted octanol–water partition coefficient (Wildman–Crippen LogP) is 3.18. The number of halogens is 1. The van der Waals surface area contributed by atoms with E-state index in [1.807, 2.05) is 12.1 Å². The molecule has 3 nitrogen and oxygen atoms in total. The van der Waals surface area contributed by atoms with Crippen molar-refractivity contribution >= 4 is 27.4 Å². The van der Waals surface area contributed by atoms with Crippen LogP contribution in [0.1, 0.15) is 31.1 Å². The highest BCUT2D eigenvalue weighted by Gasteiger charge is 2.21. The molecule has 1 heterocycles. The van der Waals surface area contributed by atoms with E-state index in [0.29, 0.717) is 6.04 Å². The highest BCUT2D eigenvalue weighted by Crippen LogP contribution is 2.27. The van der Waals surface area contributed by atoms with Gasteiger partial charge in [0.2, 0.25) is 0 Å². The van der Waals surface area contributed by atoms with Crippen LogP contribution in [-0.2, 0) is 0 Å². The summed E-state index contributed by atoms with van der Waals surface area (Å²) < 4.78 is 1.03. The molecular weight excluding hydrogens is 304 g/mol. The monoisotopic (exact) mass is 324 g/mol. The summed E-state index contributed by atoms with van der Waals surface area (Å²) in [6, 6.07) is 6.50. The van der Waals surface area contributed by atoms with Crippen molar-refractivity contribution in [3.05, 3.63) is 28.2 Å². The fourth-order valence-corrected chi connectivity index (χ4v) is 2.89. The zero-order valence-corrected chi connectivity index (χ0v) is 13.4. The second-order valence-electron chi connectivity index (χ2n) is 5.33. The van der Waals surface area contributed by atoms with Gasteiger partial charge in [0.05, 0.1) is 0 Å². The van der Waals surface area contributed by atoms with Gasteiger partial charge in [-0.25, -0.2) is 0 Å². The highest BCUT2D eigenvalue weighted by atomic mass is 79.9. The summed E-state index contributed by atoms with van der Waals surface area (Å²) >= 11 is 3.50. The molecule has 0 N–H and O–H groups in total. The van der Waals surface area contributed by atoms with Gasteiger partial charge in [-0.1, -0.05) is 15.9 Å². The van der Waals surface area contributed by atoms with E-state index in [0.717, 1.165) is 41.9 Å². The summed E-state index contributed by atoms with van der Waals surface area (Å²) in [7, 11) is 0. The second-order valence-corrected chi connectivity index (χ2v) is 6.25. The minimum Gasteiger partial charge on any atom is -0.368 e. The van der Waals surface area contributed by atoms with Crippen LogP contribution in [0.2, 0.25) is 0 Å². The van der Waals surface area contributed by atoms with Crippen LogP contribution in [-0.4, -0.2) is 42.9 Å². The van der Waals surface area contributed by atoms with Gasteiger partial charge >= 0.3 is 0 Å². The van der Waals surface area contributed by atoms with E-state index in [1.54, 1.807) is 6.92 Å². The van der Waals surface area contributed by atoms with Crippen molar-refractivity contribution in [3.63, 3.8) is 0 Å². The second kappa shape index (κ2) is 6.06. The fraction of sp³-hybridized carbons (Fsp3) is 0.533. The average molecular weight is 325 g/mol. The van der Waals surface area contributed by atoms with Gasteiger partial charge in [-0.3, -0.25) is 9.69 Å².